The molecule has 2 nitrogen and oxygen atoms in total. The van der Waals surface area contributed by atoms with Crippen molar-refractivity contribution in [3.05, 3.63) is 34.3 Å². The number of rotatable bonds is 7. The Morgan fingerprint density at radius 2 is 2.10 bits per heavy atom. The molecule has 0 bridgehead atoms. The lowest BCUT2D eigenvalue weighted by Gasteiger charge is -2.21. The van der Waals surface area contributed by atoms with Crippen LogP contribution in [-0.4, -0.2) is 31.6 Å². The second-order valence-electron chi connectivity index (χ2n) is 5.93. The molecule has 2 rings (SSSR count). The van der Waals surface area contributed by atoms with Gasteiger partial charge in [-0.15, -0.1) is 0 Å². The highest BCUT2D eigenvalue weighted by Gasteiger charge is 2.22. The summed E-state index contributed by atoms with van der Waals surface area (Å²) >= 11 is 3.50. The van der Waals surface area contributed by atoms with Crippen LogP contribution >= 0.6 is 15.9 Å². The summed E-state index contributed by atoms with van der Waals surface area (Å²) in [6.45, 7) is 6.11. The van der Waals surface area contributed by atoms with E-state index < -0.39 is 0 Å². The summed E-state index contributed by atoms with van der Waals surface area (Å²) in [7, 11) is 2.07. The van der Waals surface area contributed by atoms with Gasteiger partial charge in [0.1, 0.15) is 0 Å². The predicted octanol–water partition coefficient (Wildman–Crippen LogP) is 4.22. The molecular weight excluding hydrogens is 312 g/mol. The lowest BCUT2D eigenvalue weighted by atomic mass is 10.0. The highest BCUT2D eigenvalue weighted by molar-refractivity contribution is 9.10. The average molecular weight is 339 g/mol. The summed E-state index contributed by atoms with van der Waals surface area (Å²) < 4.78 is 1.15. The molecule has 0 amide bonds. The van der Waals surface area contributed by atoms with Gasteiger partial charge in [-0.3, -0.25) is 0 Å². The fourth-order valence-corrected chi connectivity index (χ4v) is 3.51. The summed E-state index contributed by atoms with van der Waals surface area (Å²) in [5, 5.41) is 3.46. The van der Waals surface area contributed by atoms with Gasteiger partial charge in [0, 0.05) is 17.1 Å². The van der Waals surface area contributed by atoms with E-state index in [0.29, 0.717) is 6.04 Å². The monoisotopic (exact) mass is 338 g/mol. The van der Waals surface area contributed by atoms with Crippen LogP contribution in [0.15, 0.2) is 28.7 Å². The van der Waals surface area contributed by atoms with Gasteiger partial charge in [-0.05, 0) is 63.0 Å². The molecule has 1 aromatic rings. The van der Waals surface area contributed by atoms with E-state index in [1.165, 1.54) is 50.9 Å². The minimum Gasteiger partial charge on any atom is -0.313 e. The molecule has 0 aliphatic carbocycles. The highest BCUT2D eigenvalue weighted by atomic mass is 79.9. The molecule has 2 atom stereocenters. The zero-order valence-corrected chi connectivity index (χ0v) is 14.3. The van der Waals surface area contributed by atoms with Crippen molar-refractivity contribution < 1.29 is 0 Å². The Morgan fingerprint density at radius 3 is 2.75 bits per heavy atom. The number of halogens is 1. The molecule has 112 valence electrons. The summed E-state index contributed by atoms with van der Waals surface area (Å²) in [6.07, 6.45) is 5.32. The standard InChI is InChI=1S/C17H27BrN2/c1-3-4-14-9-11-20(13-14)12-10-17(19-2)15-5-7-16(18)8-6-15/h5-8,14,17,19H,3-4,9-13H2,1-2H3. The Bertz CT molecular complexity index is 390. The average Bonchev–Trinajstić information content (AvgIpc) is 2.89. The first-order chi connectivity index (χ1) is 9.72. The number of nitrogens with one attached hydrogen (secondary N) is 1. The van der Waals surface area contributed by atoms with Gasteiger partial charge in [0.25, 0.3) is 0 Å². The minimum absolute atomic E-state index is 0.466. The number of hydrogen-bond acceptors (Lipinski definition) is 2. The molecule has 1 fully saturated rings. The molecule has 0 spiro atoms. The third kappa shape index (κ3) is 4.57. The van der Waals surface area contributed by atoms with Crippen molar-refractivity contribution >= 4 is 15.9 Å². The highest BCUT2D eigenvalue weighted by Crippen LogP contribution is 2.24. The molecule has 0 aromatic heterocycles. The molecular formula is C17H27BrN2. The SMILES string of the molecule is CCCC1CCN(CCC(NC)c2ccc(Br)cc2)C1. The van der Waals surface area contributed by atoms with Crippen LogP contribution < -0.4 is 5.32 Å². The normalized spacial score (nSPS) is 21.2. The van der Waals surface area contributed by atoms with Crippen LogP contribution in [0.25, 0.3) is 0 Å². The van der Waals surface area contributed by atoms with Crippen LogP contribution in [-0.2, 0) is 0 Å². The third-order valence-corrected chi connectivity index (χ3v) is 4.95. The van der Waals surface area contributed by atoms with Gasteiger partial charge in [-0.25, -0.2) is 0 Å². The first kappa shape index (κ1) is 16.0. The van der Waals surface area contributed by atoms with Crippen LogP contribution in [0.4, 0.5) is 0 Å². The number of nitrogens with zero attached hydrogens (tertiary/aromatic N) is 1. The van der Waals surface area contributed by atoms with Crippen molar-refractivity contribution in [1.29, 1.82) is 0 Å². The van der Waals surface area contributed by atoms with Gasteiger partial charge in [-0.1, -0.05) is 41.4 Å². The van der Waals surface area contributed by atoms with E-state index in [2.05, 4.69) is 64.4 Å². The van der Waals surface area contributed by atoms with Gasteiger partial charge in [0.15, 0.2) is 0 Å². The maximum Gasteiger partial charge on any atom is 0.0329 e. The zero-order valence-electron chi connectivity index (χ0n) is 12.7. The molecule has 0 saturated carbocycles. The largest absolute Gasteiger partial charge is 0.313 e. The molecule has 20 heavy (non-hydrogen) atoms. The molecule has 1 aromatic carbocycles. The van der Waals surface area contributed by atoms with Crippen molar-refractivity contribution in [2.24, 2.45) is 5.92 Å². The number of benzene rings is 1. The summed E-state index contributed by atoms with van der Waals surface area (Å²) in [6, 6.07) is 9.16. The van der Waals surface area contributed by atoms with Crippen LogP contribution in [0.5, 0.6) is 0 Å². The quantitative estimate of drug-likeness (QED) is 0.800. The van der Waals surface area contributed by atoms with Crippen molar-refractivity contribution in [3.8, 4) is 0 Å². The van der Waals surface area contributed by atoms with Crippen molar-refractivity contribution in [2.45, 2.75) is 38.6 Å². The zero-order chi connectivity index (χ0) is 14.4. The predicted molar refractivity (Wildman–Crippen MR) is 90.0 cm³/mol. The van der Waals surface area contributed by atoms with Gasteiger partial charge in [-0.2, -0.15) is 0 Å². The molecule has 1 aliphatic heterocycles. The second-order valence-corrected chi connectivity index (χ2v) is 6.84. The number of hydrogen-bond donors (Lipinski definition) is 1. The van der Waals surface area contributed by atoms with E-state index in [-0.39, 0.29) is 0 Å². The van der Waals surface area contributed by atoms with Gasteiger partial charge in [0.05, 0.1) is 0 Å². The van der Waals surface area contributed by atoms with Gasteiger partial charge >= 0.3 is 0 Å². The molecule has 3 heteroatoms. The van der Waals surface area contributed by atoms with Crippen LogP contribution in [0.3, 0.4) is 0 Å². The van der Waals surface area contributed by atoms with E-state index in [0.717, 1.165) is 10.4 Å². The van der Waals surface area contributed by atoms with E-state index in [1.807, 2.05) is 0 Å². The van der Waals surface area contributed by atoms with Crippen molar-refractivity contribution in [2.75, 3.05) is 26.7 Å². The van der Waals surface area contributed by atoms with Gasteiger partial charge < -0.3 is 10.2 Å². The molecule has 0 radical (unpaired) electrons. The fourth-order valence-electron chi connectivity index (χ4n) is 3.24. The van der Waals surface area contributed by atoms with Crippen LogP contribution in [0.1, 0.15) is 44.2 Å². The first-order valence-electron chi connectivity index (χ1n) is 7.88. The van der Waals surface area contributed by atoms with Crippen molar-refractivity contribution in [3.63, 3.8) is 0 Å². The molecule has 1 N–H and O–H groups in total. The Labute approximate surface area is 132 Å². The second kappa shape index (κ2) is 8.16. The van der Waals surface area contributed by atoms with Crippen LogP contribution in [0.2, 0.25) is 0 Å². The lowest BCUT2D eigenvalue weighted by molar-refractivity contribution is 0.299. The molecule has 2 unspecified atom stereocenters. The van der Waals surface area contributed by atoms with E-state index >= 15 is 0 Å². The smallest absolute Gasteiger partial charge is 0.0329 e. The summed E-state index contributed by atoms with van der Waals surface area (Å²) in [5.74, 6) is 0.945. The van der Waals surface area contributed by atoms with Crippen LogP contribution in [0, 0.1) is 5.92 Å². The maximum absolute atomic E-state index is 3.50. The topological polar surface area (TPSA) is 15.3 Å². The van der Waals surface area contributed by atoms with E-state index in [4.69, 9.17) is 0 Å². The molecule has 1 saturated heterocycles. The lowest BCUT2D eigenvalue weighted by Crippen LogP contribution is -2.26. The minimum atomic E-state index is 0.466. The van der Waals surface area contributed by atoms with Gasteiger partial charge in [0.2, 0.25) is 0 Å². The number of likely N-dealkylation sites (tertiary alicyclic amines) is 1. The Hall–Kier alpha value is -0.380. The Balaban J connectivity index is 1.81. The third-order valence-electron chi connectivity index (χ3n) is 4.42. The summed E-state index contributed by atoms with van der Waals surface area (Å²) in [4.78, 5) is 2.64. The fraction of sp³-hybridized carbons (Fsp3) is 0.647. The first-order valence-corrected chi connectivity index (χ1v) is 8.67. The molecule has 1 heterocycles. The van der Waals surface area contributed by atoms with E-state index in [9.17, 15) is 0 Å². The maximum atomic E-state index is 3.50. The Morgan fingerprint density at radius 1 is 1.35 bits per heavy atom. The van der Waals surface area contributed by atoms with Crippen molar-refractivity contribution in [1.82, 2.24) is 10.2 Å². The molecule has 1 aliphatic rings. The van der Waals surface area contributed by atoms with E-state index in [1.54, 1.807) is 0 Å². The summed E-state index contributed by atoms with van der Waals surface area (Å²) in [5.41, 5.74) is 1.39. The Kier molecular flexibility index (Phi) is 6.53.